The number of likely N-dealkylation sites (N-methyl/N-ethyl adjacent to an activating group) is 1. The molecule has 0 saturated heterocycles. The molecule has 0 aliphatic heterocycles. The molecule has 288 valence electrons. The summed E-state index contributed by atoms with van der Waals surface area (Å²) in [4.78, 5) is 42.7. The number of anilines is 1. The number of hydrogen-bond acceptors (Lipinski definition) is 7. The lowest BCUT2D eigenvalue weighted by molar-refractivity contribution is 0.00940. The number of carbonyl (C=O) groups is 3. The minimum absolute atomic E-state index is 0.00210. The Morgan fingerprint density at radius 1 is 0.925 bits per heavy atom. The molecule has 1 aliphatic rings. The van der Waals surface area contributed by atoms with Crippen LogP contribution in [-0.2, 0) is 14.2 Å². The lowest BCUT2D eigenvalue weighted by Gasteiger charge is -2.39. The molecule has 4 rings (SSSR count). The van der Waals surface area contributed by atoms with Crippen LogP contribution in [0.15, 0.2) is 60.7 Å². The van der Waals surface area contributed by atoms with Crippen molar-refractivity contribution in [2.45, 2.75) is 96.4 Å². The fourth-order valence-corrected chi connectivity index (χ4v) is 6.83. The van der Waals surface area contributed by atoms with E-state index in [0.29, 0.717) is 44.4 Å². The lowest BCUT2D eigenvalue weighted by Crippen LogP contribution is -2.49. The van der Waals surface area contributed by atoms with Crippen LogP contribution in [0.3, 0.4) is 0 Å². The van der Waals surface area contributed by atoms with Crippen molar-refractivity contribution in [3.05, 3.63) is 88.2 Å². The van der Waals surface area contributed by atoms with Crippen LogP contribution in [0.5, 0.6) is 0 Å². The monoisotopic (exact) mass is 752 g/mol. The maximum Gasteiger partial charge on any atom is 0.410 e. The third-order valence-electron chi connectivity index (χ3n) is 9.16. The molecule has 0 heterocycles. The van der Waals surface area contributed by atoms with Crippen LogP contribution >= 0.6 is 11.6 Å². The molecule has 3 aromatic carbocycles. The highest BCUT2D eigenvalue weighted by Crippen LogP contribution is 2.40. The summed E-state index contributed by atoms with van der Waals surface area (Å²) in [5, 5.41) is 3.21. The Bertz CT molecular complexity index is 1730. The number of nitrogens with zero attached hydrogens (tertiary/aromatic N) is 2. The van der Waals surface area contributed by atoms with E-state index in [1.807, 2.05) is 77.9 Å². The van der Waals surface area contributed by atoms with E-state index in [0.717, 1.165) is 11.1 Å². The van der Waals surface area contributed by atoms with Gasteiger partial charge in [0, 0.05) is 61.4 Å². The molecule has 3 aromatic rings. The molecule has 3 amide bonds. The van der Waals surface area contributed by atoms with Gasteiger partial charge in [0.15, 0.2) is 5.82 Å². The maximum absolute atomic E-state index is 16.5. The van der Waals surface area contributed by atoms with Crippen molar-refractivity contribution in [2.24, 2.45) is 5.73 Å². The number of ether oxygens (including phenoxy) is 3. The third kappa shape index (κ3) is 11.3. The molecular weight excluding hydrogens is 699 g/mol. The molecule has 1 unspecified atom stereocenters. The average molecular weight is 753 g/mol. The molecule has 1 atom stereocenters. The van der Waals surface area contributed by atoms with E-state index in [9.17, 15) is 14.4 Å². The number of nitrogens with two attached hydrogens (primary N) is 1. The molecule has 0 spiro atoms. The molecule has 3 N–H and O–H groups in total. The lowest BCUT2D eigenvalue weighted by atomic mass is 9.86. The summed E-state index contributed by atoms with van der Waals surface area (Å²) < 4.78 is 33.2. The topological polar surface area (TPSA) is 123 Å². The summed E-state index contributed by atoms with van der Waals surface area (Å²) in [6.45, 7) is 12.0. The minimum atomic E-state index is -0.793. The third-order valence-corrected chi connectivity index (χ3v) is 9.49. The van der Waals surface area contributed by atoms with Gasteiger partial charge >= 0.3 is 12.2 Å². The number of rotatable bonds is 12. The van der Waals surface area contributed by atoms with E-state index in [1.54, 1.807) is 36.1 Å². The van der Waals surface area contributed by atoms with Gasteiger partial charge in [0.25, 0.3) is 0 Å². The number of hydrogen-bond donors (Lipinski definition) is 2. The average Bonchev–Trinajstić information content (AvgIpc) is 3.07. The fourth-order valence-electron chi connectivity index (χ4n) is 6.61. The van der Waals surface area contributed by atoms with Gasteiger partial charge in [-0.05, 0) is 103 Å². The highest BCUT2D eigenvalue weighted by molar-refractivity contribution is 6.33. The summed E-state index contributed by atoms with van der Waals surface area (Å²) in [5.41, 5.74) is 6.65. The minimum Gasteiger partial charge on any atom is -0.444 e. The second kappa shape index (κ2) is 17.6. The molecule has 1 saturated carbocycles. The highest BCUT2D eigenvalue weighted by atomic mass is 35.5. The Morgan fingerprint density at radius 2 is 1.57 bits per heavy atom. The molecule has 1 aliphatic carbocycles. The van der Waals surface area contributed by atoms with Crippen LogP contribution < -0.4 is 16.0 Å². The number of methoxy groups -OCH3 is 1. The molecule has 10 nitrogen and oxygen atoms in total. The van der Waals surface area contributed by atoms with Crippen molar-refractivity contribution in [3.8, 4) is 11.1 Å². The van der Waals surface area contributed by atoms with Crippen LogP contribution in [0.4, 0.5) is 19.7 Å². The van der Waals surface area contributed by atoms with Crippen molar-refractivity contribution in [3.63, 3.8) is 0 Å². The van der Waals surface area contributed by atoms with Gasteiger partial charge in [-0.25, -0.2) is 14.0 Å². The largest absolute Gasteiger partial charge is 0.444 e. The van der Waals surface area contributed by atoms with Crippen molar-refractivity contribution in [1.29, 1.82) is 0 Å². The number of amides is 3. The van der Waals surface area contributed by atoms with Gasteiger partial charge in [-0.2, -0.15) is 0 Å². The van der Waals surface area contributed by atoms with Crippen molar-refractivity contribution < 1.29 is 33.0 Å². The smallest absolute Gasteiger partial charge is 0.410 e. The predicted molar refractivity (Wildman–Crippen MR) is 207 cm³/mol. The standard InChI is InChI=1S/C41H54ClFN4O6/c1-40(2,3)52-38(49)45-28-15-17-29(18-16-28)47(39(50)53-41(4,5)6)25-32(26-12-10-9-11-13-26)27-14-20-33(42)31(24-27)35-30(37(44)48)19-21-34(36(35)43)46(7)22-23-51-8/h9-14,19-21,24,28-29,32H,15-18,22-23,25H2,1-8H3,(H2,44,48)(H,45,49). The molecule has 0 radical (unpaired) electrons. The number of halogens is 2. The van der Waals surface area contributed by atoms with Crippen LogP contribution in [0.25, 0.3) is 11.1 Å². The summed E-state index contributed by atoms with van der Waals surface area (Å²) in [6, 6.07) is 17.8. The molecule has 0 bridgehead atoms. The number of carbonyl (C=O) groups excluding carboxylic acids is 3. The van der Waals surface area contributed by atoms with Crippen molar-refractivity contribution in [1.82, 2.24) is 10.2 Å². The summed E-state index contributed by atoms with van der Waals surface area (Å²) in [5.74, 6) is -1.83. The zero-order chi connectivity index (χ0) is 39.1. The normalized spacial score (nSPS) is 16.7. The number of nitrogens with one attached hydrogen (secondary N) is 1. The van der Waals surface area contributed by atoms with E-state index in [-0.39, 0.29) is 40.5 Å². The van der Waals surface area contributed by atoms with E-state index >= 15 is 4.39 Å². The molecule has 12 heteroatoms. The van der Waals surface area contributed by atoms with Crippen molar-refractivity contribution >= 4 is 35.4 Å². The van der Waals surface area contributed by atoms with E-state index < -0.39 is 41.0 Å². The zero-order valence-electron chi connectivity index (χ0n) is 32.1. The van der Waals surface area contributed by atoms with Gasteiger partial charge in [0.2, 0.25) is 5.91 Å². The number of alkyl carbamates (subject to hydrolysis) is 1. The first-order valence-corrected chi connectivity index (χ1v) is 18.4. The molecule has 0 aromatic heterocycles. The maximum atomic E-state index is 16.5. The Labute approximate surface area is 318 Å². The van der Waals surface area contributed by atoms with Crippen LogP contribution in [0, 0.1) is 5.82 Å². The van der Waals surface area contributed by atoms with Crippen LogP contribution in [0.1, 0.15) is 94.6 Å². The quantitative estimate of drug-likeness (QED) is 0.190. The predicted octanol–water partition coefficient (Wildman–Crippen LogP) is 8.53. The Morgan fingerprint density at radius 3 is 2.15 bits per heavy atom. The first kappa shape index (κ1) is 41.4. The first-order chi connectivity index (χ1) is 24.9. The van der Waals surface area contributed by atoms with Gasteiger partial charge < -0.3 is 35.1 Å². The van der Waals surface area contributed by atoms with Crippen molar-refractivity contribution in [2.75, 3.05) is 38.8 Å². The van der Waals surface area contributed by atoms with Crippen LogP contribution in [-0.4, -0.2) is 80.1 Å². The van der Waals surface area contributed by atoms with Crippen LogP contribution in [0.2, 0.25) is 5.02 Å². The second-order valence-electron chi connectivity index (χ2n) is 15.6. The SMILES string of the molecule is COCCN(C)c1ccc(C(N)=O)c(-c2cc(C(CN(C(=O)OC(C)(C)C)C3CCC(NC(=O)OC(C)(C)C)CC3)c3ccccc3)ccc2Cl)c1F. The second-order valence-corrected chi connectivity index (χ2v) is 16.0. The molecule has 53 heavy (non-hydrogen) atoms. The van der Waals surface area contributed by atoms with E-state index in [2.05, 4.69) is 5.32 Å². The van der Waals surface area contributed by atoms with E-state index in [1.165, 1.54) is 12.1 Å². The molecular formula is C41H54ClFN4O6. The number of primary amides is 1. The Balaban J connectivity index is 1.76. The summed E-state index contributed by atoms with van der Waals surface area (Å²) in [6.07, 6.45) is 1.64. The number of benzene rings is 3. The fraction of sp³-hybridized carbons (Fsp3) is 0.488. The zero-order valence-corrected chi connectivity index (χ0v) is 32.9. The summed E-state index contributed by atoms with van der Waals surface area (Å²) >= 11 is 6.81. The van der Waals surface area contributed by atoms with Gasteiger partial charge in [-0.1, -0.05) is 48.0 Å². The van der Waals surface area contributed by atoms with E-state index in [4.69, 9.17) is 31.5 Å². The summed E-state index contributed by atoms with van der Waals surface area (Å²) in [7, 11) is 3.31. The van der Waals surface area contributed by atoms with Gasteiger partial charge in [-0.15, -0.1) is 0 Å². The Kier molecular flexibility index (Phi) is 13.8. The first-order valence-electron chi connectivity index (χ1n) is 18.0. The molecule has 1 fully saturated rings. The Hall–Kier alpha value is -4.35. The van der Waals surface area contributed by atoms with Gasteiger partial charge in [0.05, 0.1) is 17.9 Å². The van der Waals surface area contributed by atoms with Gasteiger partial charge in [0.1, 0.15) is 11.2 Å². The van der Waals surface area contributed by atoms with Gasteiger partial charge in [-0.3, -0.25) is 4.79 Å². The highest BCUT2D eigenvalue weighted by Gasteiger charge is 2.35.